The molecule has 2 heteroatoms. The van der Waals surface area contributed by atoms with Crippen molar-refractivity contribution >= 4 is 16.7 Å². The first-order chi connectivity index (χ1) is 9.20. The quantitative estimate of drug-likeness (QED) is 0.628. The van der Waals surface area contributed by atoms with Gasteiger partial charge in [-0.3, -0.25) is 4.79 Å². The minimum Gasteiger partial charge on any atom is -0.343 e. The molecular formula is C17H15NO. The van der Waals surface area contributed by atoms with E-state index in [1.54, 1.807) is 6.92 Å². The molecule has 0 N–H and O–H groups in total. The van der Waals surface area contributed by atoms with Crippen molar-refractivity contribution in [3.05, 3.63) is 60.2 Å². The number of hydrogen-bond acceptors (Lipinski definition) is 1. The van der Waals surface area contributed by atoms with Crippen LogP contribution in [0, 0.1) is 0 Å². The number of carbonyl (C=O) groups is 1. The van der Waals surface area contributed by atoms with Crippen LogP contribution in [-0.2, 0) is 7.05 Å². The maximum Gasteiger partial charge on any atom is 0.162 e. The number of hydrogen-bond donors (Lipinski definition) is 0. The summed E-state index contributed by atoms with van der Waals surface area (Å²) in [6.45, 7) is 1.63. The molecule has 0 unspecified atom stereocenters. The summed E-state index contributed by atoms with van der Waals surface area (Å²) >= 11 is 0. The van der Waals surface area contributed by atoms with Crippen molar-refractivity contribution in [2.45, 2.75) is 6.92 Å². The number of ketones is 1. The molecule has 0 saturated carbocycles. The maximum absolute atomic E-state index is 12.1. The summed E-state index contributed by atoms with van der Waals surface area (Å²) in [6, 6.07) is 18.1. The SMILES string of the molecule is CC(=O)c1c(-c2ccccc2)n(C)c2ccccc12. The van der Waals surface area contributed by atoms with Gasteiger partial charge in [-0.2, -0.15) is 0 Å². The summed E-state index contributed by atoms with van der Waals surface area (Å²) in [5.41, 5.74) is 3.97. The van der Waals surface area contributed by atoms with Crippen molar-refractivity contribution in [2.24, 2.45) is 7.05 Å². The fourth-order valence-corrected chi connectivity index (χ4v) is 2.68. The molecular weight excluding hydrogens is 234 g/mol. The summed E-state index contributed by atoms with van der Waals surface area (Å²) in [6.07, 6.45) is 0. The first-order valence-corrected chi connectivity index (χ1v) is 6.34. The van der Waals surface area contributed by atoms with Crippen LogP contribution < -0.4 is 0 Å². The topological polar surface area (TPSA) is 22.0 Å². The van der Waals surface area contributed by atoms with Crippen molar-refractivity contribution < 1.29 is 4.79 Å². The molecule has 3 rings (SSSR count). The molecule has 0 fully saturated rings. The van der Waals surface area contributed by atoms with Gasteiger partial charge in [-0.05, 0) is 18.6 Å². The van der Waals surface area contributed by atoms with Crippen LogP contribution >= 0.6 is 0 Å². The van der Waals surface area contributed by atoms with Gasteiger partial charge in [-0.25, -0.2) is 0 Å². The third kappa shape index (κ3) is 1.76. The van der Waals surface area contributed by atoms with Gasteiger partial charge < -0.3 is 4.57 Å². The second-order valence-electron chi connectivity index (χ2n) is 4.72. The number of Topliss-reactive ketones (excluding diaryl/α,β-unsaturated/α-hetero) is 1. The third-order valence-corrected chi connectivity index (χ3v) is 3.51. The molecule has 0 radical (unpaired) electrons. The van der Waals surface area contributed by atoms with Gasteiger partial charge >= 0.3 is 0 Å². The van der Waals surface area contributed by atoms with Crippen molar-refractivity contribution in [1.82, 2.24) is 4.57 Å². The van der Waals surface area contributed by atoms with Crippen LogP contribution in [0.25, 0.3) is 22.2 Å². The number of nitrogens with zero attached hydrogens (tertiary/aromatic N) is 1. The number of aryl methyl sites for hydroxylation is 1. The molecule has 94 valence electrons. The van der Waals surface area contributed by atoms with E-state index in [1.165, 1.54) is 0 Å². The van der Waals surface area contributed by atoms with Gasteiger partial charge in [-0.1, -0.05) is 48.5 Å². The molecule has 0 amide bonds. The summed E-state index contributed by atoms with van der Waals surface area (Å²) in [7, 11) is 2.01. The predicted molar refractivity (Wildman–Crippen MR) is 78.4 cm³/mol. The van der Waals surface area contributed by atoms with Gasteiger partial charge in [0.05, 0.1) is 11.3 Å². The lowest BCUT2D eigenvalue weighted by Crippen LogP contribution is -1.97. The Morgan fingerprint density at radius 2 is 1.58 bits per heavy atom. The standard InChI is InChI=1S/C17H15NO/c1-12(19)16-14-10-6-7-11-15(14)18(2)17(16)13-8-4-3-5-9-13/h3-11H,1-2H3. The van der Waals surface area contributed by atoms with E-state index in [0.717, 1.165) is 27.7 Å². The molecule has 2 aromatic carbocycles. The molecule has 0 bridgehead atoms. The summed E-state index contributed by atoms with van der Waals surface area (Å²) in [5, 5.41) is 1.02. The Hall–Kier alpha value is -2.35. The van der Waals surface area contributed by atoms with Gasteiger partial charge in [-0.15, -0.1) is 0 Å². The van der Waals surface area contributed by atoms with E-state index >= 15 is 0 Å². The van der Waals surface area contributed by atoms with E-state index in [1.807, 2.05) is 61.6 Å². The van der Waals surface area contributed by atoms with Crippen LogP contribution in [0.15, 0.2) is 54.6 Å². The van der Waals surface area contributed by atoms with Crippen molar-refractivity contribution in [1.29, 1.82) is 0 Å². The highest BCUT2D eigenvalue weighted by atomic mass is 16.1. The lowest BCUT2D eigenvalue weighted by molar-refractivity contribution is 0.101. The van der Waals surface area contributed by atoms with Crippen LogP contribution in [0.4, 0.5) is 0 Å². The van der Waals surface area contributed by atoms with Gasteiger partial charge in [0.25, 0.3) is 0 Å². The molecule has 2 nitrogen and oxygen atoms in total. The number of para-hydroxylation sites is 1. The molecule has 19 heavy (non-hydrogen) atoms. The average molecular weight is 249 g/mol. The van der Waals surface area contributed by atoms with Gasteiger partial charge in [0, 0.05) is 18.0 Å². The van der Waals surface area contributed by atoms with Crippen LogP contribution in [0.3, 0.4) is 0 Å². The number of carbonyl (C=O) groups excluding carboxylic acids is 1. The number of benzene rings is 2. The molecule has 0 saturated heterocycles. The molecule has 0 aliphatic heterocycles. The fourth-order valence-electron chi connectivity index (χ4n) is 2.68. The minimum absolute atomic E-state index is 0.107. The zero-order chi connectivity index (χ0) is 13.4. The van der Waals surface area contributed by atoms with Gasteiger partial charge in [0.1, 0.15) is 0 Å². The zero-order valence-electron chi connectivity index (χ0n) is 11.1. The Morgan fingerprint density at radius 3 is 2.26 bits per heavy atom. The first-order valence-electron chi connectivity index (χ1n) is 6.34. The highest BCUT2D eigenvalue weighted by molar-refractivity contribution is 6.12. The molecule has 0 aliphatic carbocycles. The Bertz CT molecular complexity index is 754. The van der Waals surface area contributed by atoms with Crippen molar-refractivity contribution in [2.75, 3.05) is 0 Å². The van der Waals surface area contributed by atoms with Crippen molar-refractivity contribution in [3.8, 4) is 11.3 Å². The Kier molecular flexibility index (Phi) is 2.71. The van der Waals surface area contributed by atoms with Crippen LogP contribution in [-0.4, -0.2) is 10.4 Å². The van der Waals surface area contributed by atoms with E-state index in [4.69, 9.17) is 0 Å². The minimum atomic E-state index is 0.107. The zero-order valence-corrected chi connectivity index (χ0v) is 11.1. The van der Waals surface area contributed by atoms with E-state index in [-0.39, 0.29) is 5.78 Å². The Morgan fingerprint density at radius 1 is 0.947 bits per heavy atom. The molecule has 1 heterocycles. The summed E-state index contributed by atoms with van der Waals surface area (Å²) in [4.78, 5) is 12.1. The van der Waals surface area contributed by atoms with Gasteiger partial charge in [0.2, 0.25) is 0 Å². The van der Waals surface area contributed by atoms with Crippen molar-refractivity contribution in [3.63, 3.8) is 0 Å². The lowest BCUT2D eigenvalue weighted by Gasteiger charge is -2.06. The van der Waals surface area contributed by atoms with E-state index in [2.05, 4.69) is 4.57 Å². The van der Waals surface area contributed by atoms with Crippen LogP contribution in [0.1, 0.15) is 17.3 Å². The number of rotatable bonds is 2. The Labute approximate surface area is 112 Å². The number of fused-ring (bicyclic) bond motifs is 1. The summed E-state index contributed by atoms with van der Waals surface area (Å²) in [5.74, 6) is 0.107. The fraction of sp³-hybridized carbons (Fsp3) is 0.118. The van der Waals surface area contributed by atoms with Crippen LogP contribution in [0.5, 0.6) is 0 Å². The first kappa shape index (κ1) is 11.7. The van der Waals surface area contributed by atoms with E-state index in [9.17, 15) is 4.79 Å². The number of aromatic nitrogens is 1. The average Bonchev–Trinajstić information content (AvgIpc) is 2.74. The molecule has 3 aromatic rings. The maximum atomic E-state index is 12.1. The molecule has 1 aromatic heterocycles. The largest absolute Gasteiger partial charge is 0.343 e. The third-order valence-electron chi connectivity index (χ3n) is 3.51. The van der Waals surface area contributed by atoms with Crippen LogP contribution in [0.2, 0.25) is 0 Å². The summed E-state index contributed by atoms with van der Waals surface area (Å²) < 4.78 is 2.10. The van der Waals surface area contributed by atoms with Gasteiger partial charge in [0.15, 0.2) is 5.78 Å². The predicted octanol–water partition coefficient (Wildman–Crippen LogP) is 4.05. The normalized spacial score (nSPS) is 10.8. The Balaban J connectivity index is 2.44. The smallest absolute Gasteiger partial charge is 0.162 e. The monoisotopic (exact) mass is 249 g/mol. The van der Waals surface area contributed by atoms with E-state index in [0.29, 0.717) is 0 Å². The molecule has 0 atom stereocenters. The van der Waals surface area contributed by atoms with E-state index < -0.39 is 0 Å². The lowest BCUT2D eigenvalue weighted by atomic mass is 10.0. The molecule has 0 spiro atoms. The molecule has 0 aliphatic rings. The second kappa shape index (κ2) is 4.39. The highest BCUT2D eigenvalue weighted by Crippen LogP contribution is 2.33. The second-order valence-corrected chi connectivity index (χ2v) is 4.72. The highest BCUT2D eigenvalue weighted by Gasteiger charge is 2.18.